The third kappa shape index (κ3) is 27.5. The van der Waals surface area contributed by atoms with E-state index in [4.69, 9.17) is 52.2 Å². The molecule has 0 saturated heterocycles. The van der Waals surface area contributed by atoms with Crippen LogP contribution in [-0.4, -0.2) is 140 Å². The first-order valence-corrected chi connectivity index (χ1v) is 22.8. The Morgan fingerprint density at radius 3 is 1.33 bits per heavy atom. The van der Waals surface area contributed by atoms with Crippen LogP contribution in [0.3, 0.4) is 0 Å². The number of amides is 4. The lowest BCUT2D eigenvalue weighted by Crippen LogP contribution is -2.52. The monoisotopic (exact) mass is 856 g/mol. The highest BCUT2D eigenvalue weighted by Gasteiger charge is 2.37. The molecule has 0 aliphatic heterocycles. The van der Waals surface area contributed by atoms with Crippen molar-refractivity contribution in [1.29, 1.82) is 0 Å². The molecule has 1 aliphatic carbocycles. The van der Waals surface area contributed by atoms with E-state index in [9.17, 15) is 23.7 Å². The van der Waals surface area contributed by atoms with Gasteiger partial charge in [0.15, 0.2) is 0 Å². The van der Waals surface area contributed by atoms with Crippen LogP contribution < -0.4 is 21.3 Å². The molecule has 1 saturated carbocycles. The summed E-state index contributed by atoms with van der Waals surface area (Å²) in [5, 5.41) is 11.7. The van der Waals surface area contributed by atoms with Crippen molar-refractivity contribution in [2.75, 3.05) is 105 Å². The van der Waals surface area contributed by atoms with E-state index in [1.165, 1.54) is 0 Å². The highest BCUT2D eigenvalue weighted by molar-refractivity contribution is 8.46. The Hall–Kier alpha value is -3.14. The van der Waals surface area contributed by atoms with Gasteiger partial charge in [-0.25, -0.2) is 0 Å². The lowest BCUT2D eigenvalue weighted by molar-refractivity contribution is -0.131. The Balaban J connectivity index is 3.03. The Morgan fingerprint density at radius 1 is 0.621 bits per heavy atom. The summed E-state index contributed by atoms with van der Waals surface area (Å²) in [5.41, 5.74) is -1.10. The maximum Gasteiger partial charge on any atom is 0.254 e. The number of carbonyl (C=O) groups is 4. The second kappa shape index (κ2) is 33.7. The molecule has 58 heavy (non-hydrogen) atoms. The summed E-state index contributed by atoms with van der Waals surface area (Å²) in [6, 6.07) is 0. The standard InChI is InChI=1S/C40H65N4O12PS/c1-5-22-50-28-31-53-25-19-41-36(45)13-16-40(17-14-37(46)42-20-26-54-32-29-51-23-6-2,18-15-38(47)43-21-27-55-33-30-52-24-7-3)44-39(48)34-9-11-35(12-10-34)56-57(49,58)8-4/h1-3,34-35H,8-33H2,4H3,(H,41,45)(H,42,46)(H,43,47)(H,44,48)(H,49,58)/t34-,35-,57?. The van der Waals surface area contributed by atoms with Crippen LogP contribution >= 0.6 is 18.8 Å². The molecule has 0 radical (unpaired) electrons. The molecule has 18 heteroatoms. The first-order valence-electron chi connectivity index (χ1n) is 19.9. The maximum atomic E-state index is 14.0. The lowest BCUT2D eigenvalue weighted by atomic mass is 9.81. The van der Waals surface area contributed by atoms with Gasteiger partial charge in [0.05, 0.1) is 65.6 Å². The molecule has 1 fully saturated rings. The third-order valence-corrected chi connectivity index (χ3v) is 11.6. The van der Waals surface area contributed by atoms with Crippen LogP contribution in [-0.2, 0) is 56.7 Å². The largest absolute Gasteiger partial charge is 0.377 e. The zero-order valence-electron chi connectivity index (χ0n) is 34.1. The smallest absolute Gasteiger partial charge is 0.254 e. The highest BCUT2D eigenvalue weighted by Crippen LogP contribution is 2.53. The molecule has 4 N–H and O–H groups in total. The fourth-order valence-electron chi connectivity index (χ4n) is 5.83. The van der Waals surface area contributed by atoms with Crippen molar-refractivity contribution >= 4 is 42.4 Å². The van der Waals surface area contributed by atoms with Crippen molar-refractivity contribution in [3.8, 4) is 37.0 Å². The van der Waals surface area contributed by atoms with Gasteiger partial charge in [-0.2, -0.15) is 0 Å². The number of rotatable bonds is 35. The molecule has 1 aliphatic rings. The van der Waals surface area contributed by atoms with Gasteiger partial charge in [-0.1, -0.05) is 36.9 Å². The summed E-state index contributed by atoms with van der Waals surface area (Å²) in [7, 11) is 0. The molecule has 0 spiro atoms. The fraction of sp³-hybridized carbons (Fsp3) is 0.750. The zero-order chi connectivity index (χ0) is 42.7. The molecule has 1 rings (SSSR count). The summed E-state index contributed by atoms with van der Waals surface area (Å²) in [6.07, 6.45) is 18.1. The van der Waals surface area contributed by atoms with Gasteiger partial charge in [-0.15, -0.1) is 19.3 Å². The lowest BCUT2D eigenvalue weighted by Gasteiger charge is -2.37. The van der Waals surface area contributed by atoms with Crippen LogP contribution in [0.4, 0.5) is 0 Å². The minimum absolute atomic E-state index is 0.00873. The number of hydrogen-bond donors (Lipinski definition) is 5. The molecule has 0 aromatic carbocycles. The molecule has 16 nitrogen and oxygen atoms in total. The average molecular weight is 857 g/mol. The van der Waals surface area contributed by atoms with Crippen LogP contribution in [0.25, 0.3) is 0 Å². The topological polar surface area (TPSA) is 198 Å². The van der Waals surface area contributed by atoms with E-state index in [1.807, 2.05) is 0 Å². The van der Waals surface area contributed by atoms with Gasteiger partial charge >= 0.3 is 0 Å². The highest BCUT2D eigenvalue weighted by atomic mass is 32.7. The van der Waals surface area contributed by atoms with Gasteiger partial charge in [-0.3, -0.25) is 23.7 Å². The van der Waals surface area contributed by atoms with Gasteiger partial charge in [0.25, 0.3) is 6.57 Å². The average Bonchev–Trinajstić information content (AvgIpc) is 3.21. The molecule has 328 valence electrons. The molecule has 0 aromatic rings. The molecular formula is C40H65N4O12PS. The number of hydrogen-bond acceptors (Lipinski definition) is 12. The normalized spacial score (nSPS) is 16.2. The van der Waals surface area contributed by atoms with Crippen LogP contribution in [0.15, 0.2) is 0 Å². The number of nitrogens with one attached hydrogen (secondary N) is 4. The van der Waals surface area contributed by atoms with Crippen LogP contribution in [0.1, 0.15) is 71.1 Å². The van der Waals surface area contributed by atoms with Gasteiger partial charge in [0, 0.05) is 56.5 Å². The number of ether oxygens (including phenoxy) is 6. The quantitative estimate of drug-likeness (QED) is 0.0270. The summed E-state index contributed by atoms with van der Waals surface area (Å²) >= 11 is 4.18. The Labute approximate surface area is 350 Å². The van der Waals surface area contributed by atoms with Crippen molar-refractivity contribution < 1.29 is 56.7 Å². The minimum atomic E-state index is -3.01. The predicted molar refractivity (Wildman–Crippen MR) is 223 cm³/mol. The zero-order valence-corrected chi connectivity index (χ0v) is 35.9. The number of thiol groups is 1. The third-order valence-electron chi connectivity index (χ3n) is 9.02. The molecule has 1 unspecified atom stereocenters. The van der Waals surface area contributed by atoms with Crippen LogP contribution in [0.5, 0.6) is 0 Å². The van der Waals surface area contributed by atoms with Gasteiger partial charge < -0.3 is 54.2 Å². The maximum absolute atomic E-state index is 14.0. The number of carbonyl (C=O) groups excluding carboxylic acids is 4. The summed E-state index contributed by atoms with van der Waals surface area (Å²) in [4.78, 5) is 53.2. The van der Waals surface area contributed by atoms with Crippen molar-refractivity contribution in [3.63, 3.8) is 0 Å². The van der Waals surface area contributed by atoms with E-state index >= 15 is 0 Å². The van der Waals surface area contributed by atoms with Gasteiger partial charge in [0.2, 0.25) is 23.6 Å². The van der Waals surface area contributed by atoms with Crippen LogP contribution in [0.2, 0.25) is 0 Å². The molecule has 0 aromatic heterocycles. The van der Waals surface area contributed by atoms with Crippen molar-refractivity contribution in [1.82, 2.24) is 21.3 Å². The second-order valence-corrected chi connectivity index (χ2v) is 17.4. The number of terminal acetylenes is 3. The predicted octanol–water partition coefficient (Wildman–Crippen LogP) is 2.25. The van der Waals surface area contributed by atoms with E-state index < -0.39 is 12.1 Å². The summed E-state index contributed by atoms with van der Waals surface area (Å²) < 4.78 is 50.2. The van der Waals surface area contributed by atoms with E-state index in [0.717, 1.165) is 0 Å². The molecular weight excluding hydrogens is 791 g/mol. The van der Waals surface area contributed by atoms with E-state index in [2.05, 4.69) is 51.3 Å². The van der Waals surface area contributed by atoms with Crippen LogP contribution in [0, 0.1) is 42.9 Å². The fourth-order valence-corrected chi connectivity index (χ4v) is 7.05. The Kier molecular flexibility index (Phi) is 30.7. The molecule has 1 atom stereocenters. The Bertz CT molecular complexity index is 1250. The van der Waals surface area contributed by atoms with E-state index in [0.29, 0.717) is 71.5 Å². The van der Waals surface area contributed by atoms with Crippen molar-refractivity contribution in [2.24, 2.45) is 5.92 Å². The second-order valence-electron chi connectivity index (χ2n) is 13.5. The summed E-state index contributed by atoms with van der Waals surface area (Å²) in [6.45, 7) is 2.74. The van der Waals surface area contributed by atoms with Crippen molar-refractivity contribution in [2.45, 2.75) is 82.8 Å². The first-order chi connectivity index (χ1) is 28.0. The first kappa shape index (κ1) is 52.9. The SMILES string of the molecule is C#CCOCCOCCNC(=O)CCC(CCC(=O)NCCOCCOCC#C)(CCC(=O)NCCOCCOCC#C)NC(=O)[C@H]1CC[C@H](OP(=O)(S)CC)CC1. The minimum Gasteiger partial charge on any atom is -0.377 e. The van der Waals surface area contributed by atoms with E-state index in [-0.39, 0.29) is 133 Å². The molecule has 0 heterocycles. The Morgan fingerprint density at radius 2 is 0.983 bits per heavy atom. The van der Waals surface area contributed by atoms with E-state index in [1.54, 1.807) is 6.92 Å². The van der Waals surface area contributed by atoms with Gasteiger partial charge in [0.1, 0.15) is 19.8 Å². The van der Waals surface area contributed by atoms with Crippen molar-refractivity contribution in [3.05, 3.63) is 0 Å². The molecule has 4 amide bonds. The summed E-state index contributed by atoms with van der Waals surface area (Å²) in [5.74, 6) is 5.65. The molecule has 0 bridgehead atoms. The van der Waals surface area contributed by atoms with Gasteiger partial charge in [-0.05, 0) is 44.9 Å².